The molecule has 0 atom stereocenters. The zero-order chi connectivity index (χ0) is 76.7. The van der Waals surface area contributed by atoms with E-state index >= 15 is 0 Å². The van der Waals surface area contributed by atoms with Gasteiger partial charge in [0.25, 0.3) is 0 Å². The van der Waals surface area contributed by atoms with Gasteiger partial charge in [0.1, 0.15) is 39.9 Å². The van der Waals surface area contributed by atoms with E-state index in [1.165, 1.54) is 12.4 Å². The topological polar surface area (TPSA) is 302 Å². The highest BCUT2D eigenvalue weighted by Crippen LogP contribution is 2.38. The van der Waals surface area contributed by atoms with E-state index in [0.29, 0.717) is 104 Å². The van der Waals surface area contributed by atoms with E-state index in [4.69, 9.17) is 29.8 Å². The van der Waals surface area contributed by atoms with E-state index < -0.39 is 34.5 Å². The van der Waals surface area contributed by atoms with Crippen molar-refractivity contribution in [3.8, 4) is 22.3 Å². The Kier molecular flexibility index (Phi) is 26.2. The number of ketones is 2. The number of likely N-dealkylation sites (tertiary alicyclic amines) is 3. The van der Waals surface area contributed by atoms with Gasteiger partial charge in [-0.1, -0.05) is 93.6 Å². The summed E-state index contributed by atoms with van der Waals surface area (Å²) in [6, 6.07) is 31.3. The number of anilines is 2. The summed E-state index contributed by atoms with van der Waals surface area (Å²) in [5, 5.41) is 11.7. The van der Waals surface area contributed by atoms with Crippen molar-refractivity contribution in [3.05, 3.63) is 180 Å². The Morgan fingerprint density at radius 1 is 0.419 bits per heavy atom. The third-order valence-corrected chi connectivity index (χ3v) is 18.4. The molecule has 0 radical (unpaired) electrons. The van der Waals surface area contributed by atoms with Gasteiger partial charge in [0.05, 0.1) is 16.7 Å². The van der Waals surface area contributed by atoms with Crippen LogP contribution in [0.2, 0.25) is 0 Å². The normalized spacial score (nSPS) is 15.6. The maximum absolute atomic E-state index is 13.4. The number of aromatic carboxylic acids is 1. The predicted octanol–water partition coefficient (Wildman–Crippen LogP) is 16.0. The lowest BCUT2D eigenvalue weighted by molar-refractivity contribution is 0.0106. The van der Waals surface area contributed by atoms with Gasteiger partial charge in [-0.2, -0.15) is 0 Å². The minimum absolute atomic E-state index is 0.0107. The molecule has 560 valence electrons. The number of hydrogen-bond donors (Lipinski definition) is 3. The number of carbonyl (C=O) groups excluding carboxylic acids is 6. The molecule has 0 spiro atoms. The highest BCUT2D eigenvalue weighted by molar-refractivity contribution is 5.99. The number of nitrogens with two attached hydrogens (primary N) is 1. The fourth-order valence-corrected chi connectivity index (χ4v) is 12.3. The molecule has 105 heavy (non-hydrogen) atoms. The summed E-state index contributed by atoms with van der Waals surface area (Å²) in [6.45, 7) is 32.5. The lowest BCUT2D eigenvalue weighted by Gasteiger charge is -2.39. The molecule has 3 aromatic heterocycles. The van der Waals surface area contributed by atoms with Crippen LogP contribution in [-0.4, -0.2) is 153 Å². The molecule has 4 amide bonds. The number of aromatic nitrogens is 6. The van der Waals surface area contributed by atoms with E-state index in [0.717, 1.165) is 66.3 Å². The van der Waals surface area contributed by atoms with E-state index in [1.807, 2.05) is 153 Å². The molecule has 23 heteroatoms. The first-order valence-corrected chi connectivity index (χ1v) is 36.0. The number of piperidine rings is 3. The standard InChI is InChI=1S/C35H44N4O5.C30H36N4O3.C17H25N3O4/c1-33(2,3)43-31(41)38-28-14-13-25(24-11-9-8-10-12-24)19-26(28)20-29(40)27-22-36-30(37-23-27)21-35(7)15-17-39(18-16-35)32(42)44-34(4,5)6;1-29(2,3)37-28(36)34-14-12-30(4,13-15-34)18-27-32-19-24(20-33-27)26(35)17-23-16-22(10-11-25(23)31)21-8-6-5-7-9-21;1-16(2,3)24-15(23)20-7-5-17(4,6-8-20)9-13-18-10-12(11-19-13)14(21)22/h8-14,19,22-23H,15-18,20-21H2,1-7H3,(H,38,41);5-11,16,19-20H,12-15,17-18,31H2,1-4H3;10-11H,5-9H2,1-4H3,(H,21,22). The van der Waals surface area contributed by atoms with Crippen LogP contribution in [-0.2, 0) is 51.1 Å². The molecule has 6 heterocycles. The molecule has 3 fully saturated rings. The smallest absolute Gasteiger partial charge is 0.412 e. The van der Waals surface area contributed by atoms with Crippen LogP contribution in [0.4, 0.5) is 30.6 Å². The number of carbonyl (C=O) groups is 7. The number of nitrogens with one attached hydrogen (secondary N) is 1. The largest absolute Gasteiger partial charge is 0.478 e. The molecule has 0 unspecified atom stereocenters. The van der Waals surface area contributed by atoms with Crippen molar-refractivity contribution in [1.29, 1.82) is 0 Å². The molecule has 10 rings (SSSR count). The van der Waals surface area contributed by atoms with Gasteiger partial charge in [-0.05, 0) is 196 Å². The minimum atomic E-state index is -1.03. The average molecular weight is 1440 g/mol. The van der Waals surface area contributed by atoms with Crippen molar-refractivity contribution in [3.63, 3.8) is 0 Å². The minimum Gasteiger partial charge on any atom is -0.478 e. The Morgan fingerprint density at radius 3 is 1.05 bits per heavy atom. The molecule has 0 saturated carbocycles. The number of carboxylic acids is 1. The molecular formula is C82H105N11O12. The number of ether oxygens (including phenoxy) is 4. The lowest BCUT2D eigenvalue weighted by atomic mass is 9.77. The average Bonchev–Trinajstić information content (AvgIpc) is 0.835. The number of rotatable bonds is 16. The fraction of sp³-hybridized carbons (Fsp3) is 0.476. The first-order chi connectivity index (χ1) is 49.2. The molecule has 23 nitrogen and oxygen atoms in total. The fourth-order valence-electron chi connectivity index (χ4n) is 12.3. The van der Waals surface area contributed by atoms with Crippen LogP contribution >= 0.6 is 0 Å². The lowest BCUT2D eigenvalue weighted by Crippen LogP contribution is -2.45. The van der Waals surface area contributed by atoms with Crippen molar-refractivity contribution >= 4 is 53.3 Å². The first-order valence-electron chi connectivity index (χ1n) is 36.0. The molecular weight excluding hydrogens is 1330 g/mol. The molecule has 0 bridgehead atoms. The molecule has 3 aliphatic heterocycles. The van der Waals surface area contributed by atoms with Gasteiger partial charge in [0.2, 0.25) is 0 Å². The molecule has 4 N–H and O–H groups in total. The molecule has 7 aromatic rings. The van der Waals surface area contributed by atoms with Gasteiger partial charge in [0.15, 0.2) is 11.6 Å². The second-order valence-electron chi connectivity index (χ2n) is 32.7. The number of nitrogen functional groups attached to an aromatic ring is 1. The Balaban J connectivity index is 0.000000207. The van der Waals surface area contributed by atoms with Crippen molar-refractivity contribution in [2.24, 2.45) is 16.2 Å². The summed E-state index contributed by atoms with van der Waals surface area (Å²) in [7, 11) is 0. The summed E-state index contributed by atoms with van der Waals surface area (Å²) in [5.74, 6) is 0.737. The van der Waals surface area contributed by atoms with Gasteiger partial charge in [-0.15, -0.1) is 0 Å². The van der Waals surface area contributed by atoms with Crippen LogP contribution in [0.5, 0.6) is 0 Å². The molecule has 4 aromatic carbocycles. The number of hydrogen-bond acceptors (Lipinski definition) is 18. The summed E-state index contributed by atoms with van der Waals surface area (Å²) >= 11 is 0. The Labute approximate surface area is 617 Å². The first kappa shape index (κ1) is 80.5. The van der Waals surface area contributed by atoms with E-state index in [-0.39, 0.29) is 64.5 Å². The number of carboxylic acid groups (broad SMARTS) is 1. The van der Waals surface area contributed by atoms with Crippen molar-refractivity contribution < 1.29 is 57.6 Å². The number of Topliss-reactive ketones (excluding diaryl/α,β-unsaturated/α-hetero) is 2. The second kappa shape index (κ2) is 34.2. The van der Waals surface area contributed by atoms with Crippen LogP contribution in [0.25, 0.3) is 22.3 Å². The highest BCUT2D eigenvalue weighted by Gasteiger charge is 2.38. The molecule has 0 aliphatic carbocycles. The third kappa shape index (κ3) is 25.3. The van der Waals surface area contributed by atoms with Gasteiger partial charge < -0.3 is 44.5 Å². The van der Waals surface area contributed by atoms with Crippen LogP contribution in [0.15, 0.2) is 134 Å². The van der Waals surface area contributed by atoms with E-state index in [1.54, 1.807) is 66.3 Å². The zero-order valence-electron chi connectivity index (χ0n) is 63.8. The summed E-state index contributed by atoms with van der Waals surface area (Å²) < 4.78 is 21.9. The van der Waals surface area contributed by atoms with Crippen LogP contribution in [0.3, 0.4) is 0 Å². The number of nitrogens with zero attached hydrogens (tertiary/aromatic N) is 9. The van der Waals surface area contributed by atoms with E-state index in [2.05, 4.69) is 56.0 Å². The van der Waals surface area contributed by atoms with Crippen LogP contribution in [0.1, 0.15) is 202 Å². The number of amides is 4. The quantitative estimate of drug-likeness (QED) is 0.0460. The second-order valence-corrected chi connectivity index (χ2v) is 32.7. The van der Waals surface area contributed by atoms with Gasteiger partial charge in [0, 0.05) is 120 Å². The maximum Gasteiger partial charge on any atom is 0.412 e. The molecule has 3 aliphatic rings. The Morgan fingerprint density at radius 2 is 0.724 bits per heavy atom. The van der Waals surface area contributed by atoms with Crippen LogP contribution in [0, 0.1) is 16.2 Å². The SMILES string of the molecule is CC1(Cc2ncc(C(=O)Cc3cc(-c4ccccc4)ccc3N)cn2)CCN(C(=O)OC(C)(C)C)CC1.CC1(Cc2ncc(C(=O)Cc3cc(-c4ccccc4)ccc3NC(=O)OC(C)(C)C)cn2)CCN(C(=O)OC(C)(C)C)CC1.CC1(Cc2ncc(C(=O)O)cn2)CCN(C(=O)OC(C)(C)C)CC1. The summed E-state index contributed by atoms with van der Waals surface area (Å²) in [4.78, 5) is 118. The van der Waals surface area contributed by atoms with Crippen molar-refractivity contribution in [1.82, 2.24) is 44.6 Å². The van der Waals surface area contributed by atoms with Crippen molar-refractivity contribution in [2.75, 3.05) is 50.3 Å². The van der Waals surface area contributed by atoms with Gasteiger partial charge >= 0.3 is 30.3 Å². The van der Waals surface area contributed by atoms with Gasteiger partial charge in [-0.3, -0.25) is 14.9 Å². The van der Waals surface area contributed by atoms with E-state index in [9.17, 15) is 33.6 Å². The summed E-state index contributed by atoms with van der Waals surface area (Å²) in [6.07, 6.45) is 14.8. The third-order valence-electron chi connectivity index (χ3n) is 18.4. The highest BCUT2D eigenvalue weighted by atomic mass is 16.6. The van der Waals surface area contributed by atoms with Crippen LogP contribution < -0.4 is 11.1 Å². The molecule has 3 saturated heterocycles. The predicted molar refractivity (Wildman–Crippen MR) is 404 cm³/mol. The monoisotopic (exact) mass is 1440 g/mol. The van der Waals surface area contributed by atoms with Gasteiger partial charge in [-0.25, -0.2) is 53.9 Å². The summed E-state index contributed by atoms with van der Waals surface area (Å²) in [5.41, 5.74) is 11.5. The maximum atomic E-state index is 13.4. The zero-order valence-corrected chi connectivity index (χ0v) is 63.8. The van der Waals surface area contributed by atoms with Crippen molar-refractivity contribution in [2.45, 2.75) is 197 Å². The number of benzene rings is 4. The Bertz CT molecular complexity index is 4120. The Hall–Kier alpha value is -10.2.